The molecule has 1 heterocycles. The molecule has 3 rings (SSSR count). The molecule has 3 nitrogen and oxygen atoms in total. The fourth-order valence-electron chi connectivity index (χ4n) is 2.29. The molecule has 1 aromatic carbocycles. The molecule has 0 radical (unpaired) electrons. The zero-order valence-electron chi connectivity index (χ0n) is 11.7. The minimum Gasteiger partial charge on any atom is -0.441 e. The van der Waals surface area contributed by atoms with Crippen LogP contribution >= 0.6 is 11.6 Å². The Bertz CT molecular complexity index is 590. The number of hydrogen-bond donors (Lipinski definition) is 1. The van der Waals surface area contributed by atoms with E-state index in [9.17, 15) is 0 Å². The van der Waals surface area contributed by atoms with E-state index in [1.165, 1.54) is 12.8 Å². The molecule has 0 atom stereocenters. The predicted octanol–water partition coefficient (Wildman–Crippen LogP) is 3.99. The Hall–Kier alpha value is -1.32. The van der Waals surface area contributed by atoms with Crippen LogP contribution in [0.15, 0.2) is 28.8 Å². The van der Waals surface area contributed by atoms with Crippen LogP contribution in [-0.2, 0) is 6.42 Å². The van der Waals surface area contributed by atoms with Crippen LogP contribution in [0.4, 0.5) is 0 Å². The lowest BCUT2D eigenvalue weighted by Crippen LogP contribution is -2.17. The second-order valence-electron chi connectivity index (χ2n) is 5.41. The molecule has 1 aliphatic rings. The van der Waals surface area contributed by atoms with Crippen molar-refractivity contribution in [2.45, 2.75) is 38.6 Å². The van der Waals surface area contributed by atoms with Gasteiger partial charge in [-0.1, -0.05) is 11.6 Å². The lowest BCUT2D eigenvalue weighted by atomic mass is 10.1. The Morgan fingerprint density at radius 1 is 1.40 bits per heavy atom. The maximum absolute atomic E-state index is 5.97. The number of rotatable bonds is 6. The average Bonchev–Trinajstić information content (AvgIpc) is 3.13. The topological polar surface area (TPSA) is 38.1 Å². The summed E-state index contributed by atoms with van der Waals surface area (Å²) >= 11 is 5.97. The predicted molar refractivity (Wildman–Crippen MR) is 81.0 cm³/mol. The van der Waals surface area contributed by atoms with Crippen molar-refractivity contribution in [2.24, 2.45) is 0 Å². The van der Waals surface area contributed by atoms with E-state index < -0.39 is 0 Å². The van der Waals surface area contributed by atoms with E-state index in [4.69, 9.17) is 16.0 Å². The molecule has 1 N–H and O–H groups in total. The third kappa shape index (κ3) is 3.41. The van der Waals surface area contributed by atoms with Crippen LogP contribution in [0.25, 0.3) is 11.3 Å². The number of benzene rings is 1. The Balaban J connectivity index is 1.60. The highest BCUT2D eigenvalue weighted by Crippen LogP contribution is 2.26. The van der Waals surface area contributed by atoms with Crippen molar-refractivity contribution in [3.8, 4) is 11.3 Å². The summed E-state index contributed by atoms with van der Waals surface area (Å²) in [7, 11) is 0. The van der Waals surface area contributed by atoms with E-state index in [1.54, 1.807) is 6.20 Å². The number of nitrogens with one attached hydrogen (secondary N) is 1. The maximum Gasteiger partial charge on any atom is 0.194 e. The van der Waals surface area contributed by atoms with Gasteiger partial charge in [0, 0.05) is 23.0 Å². The van der Waals surface area contributed by atoms with Gasteiger partial charge in [0.25, 0.3) is 0 Å². The number of nitrogens with zero attached hydrogens (tertiary/aromatic N) is 1. The Kier molecular flexibility index (Phi) is 4.08. The van der Waals surface area contributed by atoms with Gasteiger partial charge in [-0.25, -0.2) is 4.98 Å². The summed E-state index contributed by atoms with van der Waals surface area (Å²) in [4.78, 5) is 4.36. The first-order valence-corrected chi connectivity index (χ1v) is 7.55. The zero-order valence-corrected chi connectivity index (χ0v) is 12.4. The van der Waals surface area contributed by atoms with Gasteiger partial charge in [-0.3, -0.25) is 0 Å². The first-order chi connectivity index (χ1) is 9.72. The molecule has 0 saturated heterocycles. The molecule has 0 spiro atoms. The van der Waals surface area contributed by atoms with Crippen LogP contribution in [0.2, 0.25) is 5.02 Å². The monoisotopic (exact) mass is 290 g/mol. The number of aryl methyl sites for hydroxylation is 2. The van der Waals surface area contributed by atoms with Crippen molar-refractivity contribution >= 4 is 11.6 Å². The van der Waals surface area contributed by atoms with Crippen molar-refractivity contribution in [3.63, 3.8) is 0 Å². The quantitative estimate of drug-likeness (QED) is 0.818. The van der Waals surface area contributed by atoms with E-state index >= 15 is 0 Å². The fourth-order valence-corrected chi connectivity index (χ4v) is 2.51. The van der Waals surface area contributed by atoms with Gasteiger partial charge in [0.1, 0.15) is 0 Å². The number of aromatic nitrogens is 1. The molecule has 1 aliphatic carbocycles. The van der Waals surface area contributed by atoms with Crippen molar-refractivity contribution < 1.29 is 4.42 Å². The standard InChI is InChI=1S/C16H19ClN2O/c1-11-9-12(17)4-7-14(11)15-10-19-16(20-15)3-2-8-18-13-5-6-13/h4,7,9-10,13,18H,2-3,5-6,8H2,1H3. The van der Waals surface area contributed by atoms with E-state index in [1.807, 2.05) is 25.1 Å². The Morgan fingerprint density at radius 2 is 2.25 bits per heavy atom. The molecule has 1 saturated carbocycles. The van der Waals surface area contributed by atoms with E-state index in [-0.39, 0.29) is 0 Å². The molecule has 4 heteroatoms. The summed E-state index contributed by atoms with van der Waals surface area (Å²) in [5, 5.41) is 4.24. The molecular weight excluding hydrogens is 272 g/mol. The van der Waals surface area contributed by atoms with Crippen LogP contribution in [0.5, 0.6) is 0 Å². The van der Waals surface area contributed by atoms with Crippen LogP contribution in [0.3, 0.4) is 0 Å². The Labute approximate surface area is 124 Å². The summed E-state index contributed by atoms with van der Waals surface area (Å²) < 4.78 is 5.83. The van der Waals surface area contributed by atoms with Gasteiger partial charge in [0.15, 0.2) is 11.7 Å². The first-order valence-electron chi connectivity index (χ1n) is 7.17. The van der Waals surface area contributed by atoms with E-state index in [0.717, 1.165) is 53.2 Å². The molecule has 0 unspecified atom stereocenters. The summed E-state index contributed by atoms with van der Waals surface area (Å²) in [5.41, 5.74) is 2.17. The van der Waals surface area contributed by atoms with Gasteiger partial charge < -0.3 is 9.73 Å². The molecule has 0 aliphatic heterocycles. The fraction of sp³-hybridized carbons (Fsp3) is 0.438. The number of halogens is 1. The molecule has 0 bridgehead atoms. The summed E-state index contributed by atoms with van der Waals surface area (Å²) in [6.45, 7) is 3.07. The van der Waals surface area contributed by atoms with Crippen LogP contribution in [-0.4, -0.2) is 17.6 Å². The highest BCUT2D eigenvalue weighted by atomic mass is 35.5. The second kappa shape index (κ2) is 5.98. The highest BCUT2D eigenvalue weighted by molar-refractivity contribution is 6.30. The van der Waals surface area contributed by atoms with Crippen molar-refractivity contribution in [1.29, 1.82) is 0 Å². The van der Waals surface area contributed by atoms with E-state index in [2.05, 4.69) is 10.3 Å². The summed E-state index contributed by atoms with van der Waals surface area (Å²) in [6, 6.07) is 6.58. The third-order valence-corrected chi connectivity index (χ3v) is 3.82. The van der Waals surface area contributed by atoms with Gasteiger partial charge in [-0.05, 0) is 56.5 Å². The van der Waals surface area contributed by atoms with Crippen molar-refractivity contribution in [1.82, 2.24) is 10.3 Å². The second-order valence-corrected chi connectivity index (χ2v) is 5.85. The van der Waals surface area contributed by atoms with Gasteiger partial charge in [-0.15, -0.1) is 0 Å². The van der Waals surface area contributed by atoms with Crippen molar-refractivity contribution in [2.75, 3.05) is 6.54 Å². The summed E-state index contributed by atoms with van der Waals surface area (Å²) in [5.74, 6) is 1.64. The zero-order chi connectivity index (χ0) is 13.9. The van der Waals surface area contributed by atoms with Gasteiger partial charge in [0.2, 0.25) is 0 Å². The molecule has 0 amide bonds. The van der Waals surface area contributed by atoms with Gasteiger partial charge in [-0.2, -0.15) is 0 Å². The Morgan fingerprint density at radius 3 is 3.00 bits per heavy atom. The van der Waals surface area contributed by atoms with Crippen LogP contribution < -0.4 is 5.32 Å². The third-order valence-electron chi connectivity index (χ3n) is 3.59. The molecular formula is C16H19ClN2O. The average molecular weight is 291 g/mol. The smallest absolute Gasteiger partial charge is 0.194 e. The molecule has 106 valence electrons. The maximum atomic E-state index is 5.97. The minimum absolute atomic E-state index is 0.747. The SMILES string of the molecule is Cc1cc(Cl)ccc1-c1cnc(CCCNC2CC2)o1. The van der Waals surface area contributed by atoms with Crippen LogP contribution in [0, 0.1) is 6.92 Å². The van der Waals surface area contributed by atoms with Gasteiger partial charge in [0.05, 0.1) is 6.20 Å². The first kappa shape index (κ1) is 13.7. The number of oxazole rings is 1. The molecule has 1 aromatic heterocycles. The minimum atomic E-state index is 0.747. The molecule has 20 heavy (non-hydrogen) atoms. The molecule has 2 aromatic rings. The summed E-state index contributed by atoms with van der Waals surface area (Å²) in [6.07, 6.45) is 6.42. The molecule has 1 fully saturated rings. The highest BCUT2D eigenvalue weighted by Gasteiger charge is 2.19. The lowest BCUT2D eigenvalue weighted by molar-refractivity contribution is 0.491. The largest absolute Gasteiger partial charge is 0.441 e. The van der Waals surface area contributed by atoms with Gasteiger partial charge >= 0.3 is 0 Å². The normalized spacial score (nSPS) is 14.7. The van der Waals surface area contributed by atoms with Crippen molar-refractivity contribution in [3.05, 3.63) is 40.9 Å². The van der Waals surface area contributed by atoms with Crippen LogP contribution in [0.1, 0.15) is 30.7 Å². The van der Waals surface area contributed by atoms with E-state index in [0.29, 0.717) is 0 Å². The lowest BCUT2D eigenvalue weighted by Gasteiger charge is -2.02. The number of hydrogen-bond acceptors (Lipinski definition) is 3.